The largest absolute Gasteiger partial charge is 0.377 e. The van der Waals surface area contributed by atoms with E-state index in [9.17, 15) is 0 Å². The number of hydrogen-bond acceptors (Lipinski definition) is 3. The zero-order valence-corrected chi connectivity index (χ0v) is 8.60. The van der Waals surface area contributed by atoms with Gasteiger partial charge in [-0.25, -0.2) is 4.98 Å². The number of nitrogens with zero attached hydrogens (tertiary/aromatic N) is 2. The third-order valence-corrected chi connectivity index (χ3v) is 2.53. The Morgan fingerprint density at radius 3 is 2.71 bits per heavy atom. The van der Waals surface area contributed by atoms with Gasteiger partial charge in [0.15, 0.2) is 0 Å². The number of rotatable bonds is 1. The molecule has 75 valence electrons. The van der Waals surface area contributed by atoms with E-state index in [1.165, 1.54) is 0 Å². The average molecular weight is 191 g/mol. The lowest BCUT2D eigenvalue weighted by molar-refractivity contribution is 0.0752. The average Bonchev–Trinajstić information content (AvgIpc) is 2.19. The summed E-state index contributed by atoms with van der Waals surface area (Å²) in [6.45, 7) is 5.89. The van der Waals surface area contributed by atoms with Crippen LogP contribution >= 0.6 is 0 Å². The van der Waals surface area contributed by atoms with Gasteiger partial charge in [-0.05, 0) is 26.0 Å². The summed E-state index contributed by atoms with van der Waals surface area (Å²) >= 11 is 0. The van der Waals surface area contributed by atoms with Gasteiger partial charge in [-0.2, -0.15) is 0 Å². The van der Waals surface area contributed by atoms with Gasteiger partial charge in [0.1, 0.15) is 5.82 Å². The zero-order valence-electron chi connectivity index (χ0n) is 8.60. The summed E-state index contributed by atoms with van der Waals surface area (Å²) in [6, 6.07) is 7.62. The van der Waals surface area contributed by atoms with E-state index in [4.69, 9.17) is 4.74 Å². The van der Waals surface area contributed by atoms with Crippen molar-refractivity contribution in [1.29, 1.82) is 0 Å². The van der Waals surface area contributed by atoms with Crippen LogP contribution in [0.4, 0.5) is 5.82 Å². The van der Waals surface area contributed by atoms with Crippen LogP contribution in [0, 0.1) is 6.07 Å². The molecule has 2 rings (SSSR count). The third-order valence-electron chi connectivity index (χ3n) is 2.53. The maximum Gasteiger partial charge on any atom is 0.129 e. The van der Waals surface area contributed by atoms with Crippen molar-refractivity contribution in [3.63, 3.8) is 0 Å². The Balaban J connectivity index is 2.23. The standard InChI is InChI=1S/C11H15N2O/c1-9-7-14-8-10(2)13(9)11-5-3-4-6-12-11/h3,5-6,9-10H,7-8H2,1-2H3/t9-,10+. The van der Waals surface area contributed by atoms with E-state index in [0.29, 0.717) is 12.1 Å². The quantitative estimate of drug-likeness (QED) is 0.672. The molecule has 2 heterocycles. The van der Waals surface area contributed by atoms with Crippen LogP contribution in [0.5, 0.6) is 0 Å². The highest BCUT2D eigenvalue weighted by Crippen LogP contribution is 2.20. The van der Waals surface area contributed by atoms with Gasteiger partial charge in [-0.1, -0.05) is 0 Å². The van der Waals surface area contributed by atoms with Crippen molar-refractivity contribution >= 4 is 5.82 Å². The van der Waals surface area contributed by atoms with Crippen LogP contribution in [0.1, 0.15) is 13.8 Å². The lowest BCUT2D eigenvalue weighted by atomic mass is 10.1. The molecule has 3 heteroatoms. The molecule has 0 aromatic carbocycles. The van der Waals surface area contributed by atoms with Crippen molar-refractivity contribution < 1.29 is 4.74 Å². The van der Waals surface area contributed by atoms with Gasteiger partial charge in [0, 0.05) is 12.3 Å². The normalized spacial score (nSPS) is 27.7. The summed E-state index contributed by atoms with van der Waals surface area (Å²) < 4.78 is 5.47. The molecule has 1 fully saturated rings. The molecule has 1 aliphatic rings. The van der Waals surface area contributed by atoms with E-state index < -0.39 is 0 Å². The Morgan fingerprint density at radius 2 is 2.14 bits per heavy atom. The van der Waals surface area contributed by atoms with Gasteiger partial charge in [-0.3, -0.25) is 0 Å². The Labute approximate surface area is 84.7 Å². The lowest BCUT2D eigenvalue weighted by Crippen LogP contribution is -2.50. The first kappa shape index (κ1) is 9.46. The van der Waals surface area contributed by atoms with E-state index in [1.54, 1.807) is 6.20 Å². The number of anilines is 1. The maximum absolute atomic E-state index is 5.47. The van der Waals surface area contributed by atoms with Gasteiger partial charge in [0.05, 0.1) is 25.3 Å². The van der Waals surface area contributed by atoms with Gasteiger partial charge in [0.25, 0.3) is 0 Å². The molecule has 0 aliphatic carbocycles. The summed E-state index contributed by atoms with van der Waals surface area (Å²) in [5.41, 5.74) is 0. The molecule has 0 N–H and O–H groups in total. The number of aromatic nitrogens is 1. The second kappa shape index (κ2) is 3.96. The molecule has 1 saturated heterocycles. The van der Waals surface area contributed by atoms with Crippen LogP contribution in [0.2, 0.25) is 0 Å². The maximum atomic E-state index is 5.47. The molecule has 1 radical (unpaired) electrons. The Bertz CT molecular complexity index is 279. The van der Waals surface area contributed by atoms with Crippen LogP contribution in [0.25, 0.3) is 0 Å². The van der Waals surface area contributed by atoms with E-state index in [2.05, 4.69) is 29.8 Å². The van der Waals surface area contributed by atoms with Gasteiger partial charge >= 0.3 is 0 Å². The second-order valence-electron chi connectivity index (χ2n) is 3.76. The van der Waals surface area contributed by atoms with Crippen molar-refractivity contribution in [1.82, 2.24) is 4.98 Å². The molecule has 1 aromatic heterocycles. The van der Waals surface area contributed by atoms with Gasteiger partial charge < -0.3 is 9.64 Å². The summed E-state index contributed by atoms with van der Waals surface area (Å²) in [5, 5.41) is 0. The van der Waals surface area contributed by atoms with Crippen molar-refractivity contribution in [3.8, 4) is 0 Å². The molecule has 1 aliphatic heterocycles. The Hall–Kier alpha value is -1.09. The molecule has 0 bridgehead atoms. The fourth-order valence-electron chi connectivity index (χ4n) is 1.92. The SMILES string of the molecule is C[C@@H]1COC[C@H](C)N1c1cc[c]cn1. The van der Waals surface area contributed by atoms with E-state index >= 15 is 0 Å². The minimum Gasteiger partial charge on any atom is -0.377 e. The highest BCUT2D eigenvalue weighted by molar-refractivity contribution is 5.40. The van der Waals surface area contributed by atoms with E-state index in [1.807, 2.05) is 12.1 Å². The first-order valence-electron chi connectivity index (χ1n) is 4.97. The first-order chi connectivity index (χ1) is 6.79. The van der Waals surface area contributed by atoms with E-state index in [-0.39, 0.29) is 0 Å². The van der Waals surface area contributed by atoms with Crippen LogP contribution in [-0.2, 0) is 4.74 Å². The Morgan fingerprint density at radius 1 is 1.43 bits per heavy atom. The monoisotopic (exact) mass is 191 g/mol. The molecular weight excluding hydrogens is 176 g/mol. The predicted octanol–water partition coefficient (Wildman–Crippen LogP) is 1.50. The van der Waals surface area contributed by atoms with Gasteiger partial charge in [0.2, 0.25) is 0 Å². The molecule has 14 heavy (non-hydrogen) atoms. The summed E-state index contributed by atoms with van der Waals surface area (Å²) in [6.07, 6.45) is 1.71. The predicted molar refractivity (Wildman–Crippen MR) is 55.3 cm³/mol. The highest BCUT2D eigenvalue weighted by atomic mass is 16.5. The van der Waals surface area contributed by atoms with Crippen molar-refractivity contribution in [3.05, 3.63) is 24.4 Å². The summed E-state index contributed by atoms with van der Waals surface area (Å²) in [7, 11) is 0. The fourth-order valence-corrected chi connectivity index (χ4v) is 1.92. The molecule has 0 amide bonds. The smallest absolute Gasteiger partial charge is 0.129 e. The minimum atomic E-state index is 0.397. The highest BCUT2D eigenvalue weighted by Gasteiger charge is 2.25. The zero-order chi connectivity index (χ0) is 9.97. The molecular formula is C11H15N2O. The number of ether oxygens (including phenoxy) is 1. The number of hydrogen-bond donors (Lipinski definition) is 0. The summed E-state index contributed by atoms with van der Waals surface area (Å²) in [4.78, 5) is 6.62. The minimum absolute atomic E-state index is 0.397. The van der Waals surface area contributed by atoms with Gasteiger partial charge in [-0.15, -0.1) is 0 Å². The fraction of sp³-hybridized carbons (Fsp3) is 0.545. The molecule has 0 unspecified atom stereocenters. The van der Waals surface area contributed by atoms with Crippen molar-refractivity contribution in [2.45, 2.75) is 25.9 Å². The van der Waals surface area contributed by atoms with Crippen molar-refractivity contribution in [2.24, 2.45) is 0 Å². The van der Waals surface area contributed by atoms with Crippen LogP contribution in [-0.4, -0.2) is 30.3 Å². The molecule has 0 saturated carbocycles. The lowest BCUT2D eigenvalue weighted by Gasteiger charge is -2.39. The van der Waals surface area contributed by atoms with Crippen LogP contribution in [0.15, 0.2) is 18.3 Å². The molecule has 2 atom stereocenters. The topological polar surface area (TPSA) is 25.4 Å². The first-order valence-corrected chi connectivity index (χ1v) is 4.97. The molecule has 1 aromatic rings. The summed E-state index contributed by atoms with van der Waals surface area (Å²) in [5.74, 6) is 1.02. The van der Waals surface area contributed by atoms with Crippen LogP contribution < -0.4 is 4.90 Å². The van der Waals surface area contributed by atoms with E-state index in [0.717, 1.165) is 19.0 Å². The number of pyridine rings is 1. The van der Waals surface area contributed by atoms with Crippen molar-refractivity contribution in [2.75, 3.05) is 18.1 Å². The molecule has 3 nitrogen and oxygen atoms in total. The Kier molecular flexibility index (Phi) is 2.68. The second-order valence-corrected chi connectivity index (χ2v) is 3.76. The number of morpholine rings is 1. The van der Waals surface area contributed by atoms with Crippen LogP contribution in [0.3, 0.4) is 0 Å². The third kappa shape index (κ3) is 1.73. The molecule has 0 spiro atoms.